The summed E-state index contributed by atoms with van der Waals surface area (Å²) in [6.07, 6.45) is 2.76. The van der Waals surface area contributed by atoms with Gasteiger partial charge in [0.1, 0.15) is 0 Å². The Hall–Kier alpha value is -0.610. The summed E-state index contributed by atoms with van der Waals surface area (Å²) in [4.78, 5) is 14.1. The zero-order valence-electron chi connectivity index (χ0n) is 9.53. The number of morpholine rings is 1. The van der Waals surface area contributed by atoms with E-state index in [9.17, 15) is 4.79 Å². The van der Waals surface area contributed by atoms with Gasteiger partial charge < -0.3 is 15.4 Å². The number of amides is 1. The van der Waals surface area contributed by atoms with Gasteiger partial charge in [-0.15, -0.1) is 0 Å². The first-order valence-electron chi connectivity index (χ1n) is 5.78. The minimum atomic E-state index is -0.537. The van der Waals surface area contributed by atoms with Gasteiger partial charge in [0.25, 0.3) is 0 Å². The van der Waals surface area contributed by atoms with E-state index in [-0.39, 0.29) is 18.1 Å². The van der Waals surface area contributed by atoms with Gasteiger partial charge in [0.05, 0.1) is 24.3 Å². The Labute approximate surface area is 90.8 Å². The van der Waals surface area contributed by atoms with Crippen LogP contribution in [0, 0.1) is 0 Å². The normalized spacial score (nSPS) is 33.9. The van der Waals surface area contributed by atoms with Crippen molar-refractivity contribution in [3.8, 4) is 0 Å². The molecule has 2 N–H and O–H groups in total. The molecule has 2 atom stereocenters. The molecular weight excluding hydrogens is 192 g/mol. The molecule has 0 aromatic carbocycles. The minimum absolute atomic E-state index is 0.129. The molecule has 0 spiro atoms. The second-order valence-electron chi connectivity index (χ2n) is 4.82. The third-order valence-electron chi connectivity index (χ3n) is 3.41. The van der Waals surface area contributed by atoms with Crippen LogP contribution in [-0.2, 0) is 9.53 Å². The van der Waals surface area contributed by atoms with Crippen LogP contribution in [0.2, 0.25) is 0 Å². The number of hydrogen-bond acceptors (Lipinski definition) is 3. The van der Waals surface area contributed by atoms with Crippen LogP contribution in [0.25, 0.3) is 0 Å². The number of nitrogens with two attached hydrogens (primary N) is 1. The first-order chi connectivity index (χ1) is 7.07. The summed E-state index contributed by atoms with van der Waals surface area (Å²) < 4.78 is 5.56. The lowest BCUT2D eigenvalue weighted by atomic mass is 10.1. The summed E-state index contributed by atoms with van der Waals surface area (Å²) in [5.41, 5.74) is 5.41. The summed E-state index contributed by atoms with van der Waals surface area (Å²) in [6.45, 7) is 5.43. The summed E-state index contributed by atoms with van der Waals surface area (Å²) in [6, 6.07) is 0.217. The third kappa shape index (κ3) is 2.01. The summed E-state index contributed by atoms with van der Waals surface area (Å²) in [7, 11) is 0. The van der Waals surface area contributed by atoms with E-state index in [0.717, 1.165) is 19.3 Å². The van der Waals surface area contributed by atoms with Gasteiger partial charge in [0, 0.05) is 6.54 Å². The molecule has 1 heterocycles. The van der Waals surface area contributed by atoms with E-state index in [0.29, 0.717) is 13.2 Å². The average molecular weight is 212 g/mol. The Bertz CT molecular complexity index is 263. The van der Waals surface area contributed by atoms with Crippen molar-refractivity contribution in [2.45, 2.75) is 50.8 Å². The van der Waals surface area contributed by atoms with Gasteiger partial charge in [-0.25, -0.2) is 0 Å². The fraction of sp³-hybridized carbons (Fsp3) is 0.909. The quantitative estimate of drug-likeness (QED) is 0.725. The fourth-order valence-electron chi connectivity index (χ4n) is 2.07. The SMILES string of the molecule is CCC1COC(C)CN1C(=O)C1(N)CC1. The third-order valence-corrected chi connectivity index (χ3v) is 3.41. The van der Waals surface area contributed by atoms with Crippen LogP contribution in [0.3, 0.4) is 0 Å². The topological polar surface area (TPSA) is 55.6 Å². The molecule has 1 amide bonds. The van der Waals surface area contributed by atoms with Crippen molar-refractivity contribution in [2.75, 3.05) is 13.2 Å². The number of nitrogens with zero attached hydrogens (tertiary/aromatic N) is 1. The van der Waals surface area contributed by atoms with Crippen molar-refractivity contribution in [3.63, 3.8) is 0 Å². The molecule has 0 radical (unpaired) electrons. The van der Waals surface area contributed by atoms with E-state index in [2.05, 4.69) is 6.92 Å². The van der Waals surface area contributed by atoms with Crippen LogP contribution in [0.15, 0.2) is 0 Å². The van der Waals surface area contributed by atoms with Crippen LogP contribution in [0.5, 0.6) is 0 Å². The largest absolute Gasteiger partial charge is 0.375 e. The lowest BCUT2D eigenvalue weighted by Gasteiger charge is -2.39. The van der Waals surface area contributed by atoms with Crippen molar-refractivity contribution >= 4 is 5.91 Å². The second kappa shape index (κ2) is 3.76. The maximum atomic E-state index is 12.1. The second-order valence-corrected chi connectivity index (χ2v) is 4.82. The highest BCUT2D eigenvalue weighted by Crippen LogP contribution is 2.35. The first kappa shape index (κ1) is 10.9. The highest BCUT2D eigenvalue weighted by atomic mass is 16.5. The van der Waals surface area contributed by atoms with Crippen LogP contribution in [-0.4, -0.2) is 41.6 Å². The number of ether oxygens (including phenoxy) is 1. The molecule has 86 valence electrons. The number of rotatable bonds is 2. The van der Waals surface area contributed by atoms with Gasteiger partial charge in [-0.2, -0.15) is 0 Å². The Morgan fingerprint density at radius 2 is 2.27 bits per heavy atom. The molecule has 4 heteroatoms. The van der Waals surface area contributed by atoms with Crippen molar-refractivity contribution in [1.29, 1.82) is 0 Å². The van der Waals surface area contributed by atoms with Crippen molar-refractivity contribution in [3.05, 3.63) is 0 Å². The predicted octanol–water partition coefficient (Wildman–Crippen LogP) is 0.504. The molecule has 0 aromatic rings. The molecule has 1 aliphatic carbocycles. The van der Waals surface area contributed by atoms with Crippen LogP contribution in [0.4, 0.5) is 0 Å². The molecule has 4 nitrogen and oxygen atoms in total. The van der Waals surface area contributed by atoms with E-state index in [1.807, 2.05) is 11.8 Å². The smallest absolute Gasteiger partial charge is 0.243 e. The van der Waals surface area contributed by atoms with Gasteiger partial charge in [-0.3, -0.25) is 4.79 Å². The van der Waals surface area contributed by atoms with Crippen LogP contribution in [0.1, 0.15) is 33.1 Å². The van der Waals surface area contributed by atoms with E-state index < -0.39 is 5.54 Å². The molecule has 15 heavy (non-hydrogen) atoms. The summed E-state index contributed by atoms with van der Waals surface area (Å²) in [5.74, 6) is 0.129. The monoisotopic (exact) mass is 212 g/mol. The van der Waals surface area contributed by atoms with Gasteiger partial charge in [-0.05, 0) is 26.2 Å². The number of carbonyl (C=O) groups is 1. The highest BCUT2D eigenvalue weighted by Gasteiger charge is 2.50. The van der Waals surface area contributed by atoms with Crippen LogP contribution >= 0.6 is 0 Å². The lowest BCUT2D eigenvalue weighted by molar-refractivity contribution is -0.146. The Kier molecular flexibility index (Phi) is 2.73. The molecule has 1 saturated carbocycles. The Morgan fingerprint density at radius 1 is 1.60 bits per heavy atom. The van der Waals surface area contributed by atoms with Crippen molar-refractivity contribution < 1.29 is 9.53 Å². The van der Waals surface area contributed by atoms with E-state index in [1.54, 1.807) is 0 Å². The zero-order chi connectivity index (χ0) is 11.1. The highest BCUT2D eigenvalue weighted by molar-refractivity contribution is 5.89. The molecule has 2 rings (SSSR count). The van der Waals surface area contributed by atoms with E-state index >= 15 is 0 Å². The first-order valence-corrected chi connectivity index (χ1v) is 5.78. The van der Waals surface area contributed by atoms with E-state index in [1.165, 1.54) is 0 Å². The van der Waals surface area contributed by atoms with Gasteiger partial charge in [-0.1, -0.05) is 6.92 Å². The molecule has 1 aliphatic heterocycles. The number of carbonyl (C=O) groups excluding carboxylic acids is 1. The Morgan fingerprint density at radius 3 is 2.80 bits per heavy atom. The predicted molar refractivity (Wildman–Crippen MR) is 57.4 cm³/mol. The van der Waals surface area contributed by atoms with Crippen LogP contribution < -0.4 is 5.73 Å². The van der Waals surface area contributed by atoms with Gasteiger partial charge in [0.15, 0.2) is 0 Å². The van der Waals surface area contributed by atoms with Gasteiger partial charge in [0.2, 0.25) is 5.91 Å². The molecule has 0 aromatic heterocycles. The summed E-state index contributed by atoms with van der Waals surface area (Å²) in [5, 5.41) is 0. The molecule has 0 bridgehead atoms. The average Bonchev–Trinajstić information content (AvgIpc) is 2.96. The number of hydrogen-bond donors (Lipinski definition) is 1. The molecule has 2 unspecified atom stereocenters. The standard InChI is InChI=1S/C11H20N2O2/c1-3-9-7-15-8(2)6-13(9)10(14)11(12)4-5-11/h8-9H,3-7,12H2,1-2H3. The fourth-order valence-corrected chi connectivity index (χ4v) is 2.07. The van der Waals surface area contributed by atoms with Gasteiger partial charge >= 0.3 is 0 Å². The van der Waals surface area contributed by atoms with E-state index in [4.69, 9.17) is 10.5 Å². The molecule has 2 aliphatic rings. The zero-order valence-corrected chi connectivity index (χ0v) is 9.53. The molecule has 1 saturated heterocycles. The summed E-state index contributed by atoms with van der Waals surface area (Å²) >= 11 is 0. The Balaban J connectivity index is 2.06. The maximum absolute atomic E-state index is 12.1. The molecular formula is C11H20N2O2. The lowest BCUT2D eigenvalue weighted by Crippen LogP contribution is -2.56. The minimum Gasteiger partial charge on any atom is -0.375 e. The van der Waals surface area contributed by atoms with Crippen molar-refractivity contribution in [1.82, 2.24) is 4.90 Å². The molecule has 2 fully saturated rings. The maximum Gasteiger partial charge on any atom is 0.243 e. The van der Waals surface area contributed by atoms with Crippen molar-refractivity contribution in [2.24, 2.45) is 5.73 Å².